The summed E-state index contributed by atoms with van der Waals surface area (Å²) in [5.74, 6) is -0.467. The molecule has 0 N–H and O–H groups in total. The highest BCUT2D eigenvalue weighted by atomic mass is 35.5. The number of hydrogen-bond acceptors (Lipinski definition) is 5. The number of anilines is 1. The van der Waals surface area contributed by atoms with Gasteiger partial charge in [0.05, 0.1) is 12.3 Å². The predicted molar refractivity (Wildman–Crippen MR) is 131 cm³/mol. The van der Waals surface area contributed by atoms with E-state index in [0.717, 1.165) is 16.9 Å². The number of hydrogen-bond donors (Lipinski definition) is 0. The number of benzene rings is 1. The molecule has 1 aromatic carbocycles. The molecule has 1 aliphatic rings. The number of ether oxygens (including phenoxy) is 1. The van der Waals surface area contributed by atoms with Crippen LogP contribution in [0.5, 0.6) is 0 Å². The molecule has 1 atom stereocenters. The maximum atomic E-state index is 15.0. The number of aromatic nitrogens is 3. The Morgan fingerprint density at radius 3 is 2.71 bits per heavy atom. The second-order valence-electron chi connectivity index (χ2n) is 8.59. The molecule has 0 spiro atoms. The fourth-order valence-electron chi connectivity index (χ4n) is 4.35. The van der Waals surface area contributed by atoms with Crippen LogP contribution < -0.4 is 10.5 Å². The quantitative estimate of drug-likeness (QED) is 0.412. The smallest absolute Gasteiger partial charge is 0.261 e. The van der Waals surface area contributed by atoms with Gasteiger partial charge in [-0.25, -0.2) is 9.37 Å². The Labute approximate surface area is 201 Å². The second-order valence-corrected chi connectivity index (χ2v) is 9.03. The molecule has 6 nitrogen and oxygen atoms in total. The van der Waals surface area contributed by atoms with Gasteiger partial charge in [0, 0.05) is 58.6 Å². The van der Waals surface area contributed by atoms with Gasteiger partial charge in [0.25, 0.3) is 5.56 Å². The van der Waals surface area contributed by atoms with Gasteiger partial charge in [0.2, 0.25) is 0 Å². The zero-order valence-corrected chi connectivity index (χ0v) is 19.9. The van der Waals surface area contributed by atoms with Gasteiger partial charge in [-0.3, -0.25) is 14.2 Å². The summed E-state index contributed by atoms with van der Waals surface area (Å²) >= 11 is 5.99. The fraction of sp³-hybridized carbons (Fsp3) is 0.269. The fourth-order valence-corrected chi connectivity index (χ4v) is 4.51. The first kappa shape index (κ1) is 22.5. The van der Waals surface area contributed by atoms with Crippen LogP contribution in [0.2, 0.25) is 5.02 Å². The van der Waals surface area contributed by atoms with Crippen LogP contribution in [0.15, 0.2) is 53.6 Å². The topological polar surface area (TPSA) is 59.7 Å². The van der Waals surface area contributed by atoms with E-state index >= 15 is 4.39 Å². The van der Waals surface area contributed by atoms with Crippen LogP contribution in [0.25, 0.3) is 16.8 Å². The summed E-state index contributed by atoms with van der Waals surface area (Å²) in [6.45, 7) is 7.24. The zero-order valence-electron chi connectivity index (χ0n) is 19.2. The third kappa shape index (κ3) is 4.06. The lowest BCUT2D eigenvalue weighted by Crippen LogP contribution is -2.38. The molecule has 0 aliphatic carbocycles. The highest BCUT2D eigenvalue weighted by Gasteiger charge is 2.25. The number of nitrogens with zero attached hydrogens (tertiary/aromatic N) is 4. The molecular formula is C26H24ClFN4O2. The number of morpholine rings is 1. The third-order valence-electron chi connectivity index (χ3n) is 6.32. The first-order valence-corrected chi connectivity index (χ1v) is 11.5. The molecule has 0 saturated carbocycles. The Bertz CT molecular complexity index is 1470. The average Bonchev–Trinajstić information content (AvgIpc) is 2.82. The van der Waals surface area contributed by atoms with E-state index < -0.39 is 5.82 Å². The highest BCUT2D eigenvalue weighted by Crippen LogP contribution is 2.33. The molecule has 8 heteroatoms. The molecule has 4 heterocycles. The molecule has 0 amide bonds. The molecule has 1 aliphatic heterocycles. The molecule has 34 heavy (non-hydrogen) atoms. The lowest BCUT2D eigenvalue weighted by molar-refractivity contribution is 0.0397. The van der Waals surface area contributed by atoms with Crippen LogP contribution in [0.4, 0.5) is 10.1 Å². The maximum Gasteiger partial charge on any atom is 0.261 e. The Balaban J connectivity index is 1.66. The largest absolute Gasteiger partial charge is 0.370 e. The number of aryl methyl sites for hydroxylation is 2. The summed E-state index contributed by atoms with van der Waals surface area (Å²) < 4.78 is 22.6. The van der Waals surface area contributed by atoms with E-state index in [1.165, 1.54) is 10.5 Å². The van der Waals surface area contributed by atoms with E-state index in [1.807, 2.05) is 25.1 Å². The minimum atomic E-state index is -0.467. The van der Waals surface area contributed by atoms with Crippen LogP contribution in [0, 0.1) is 26.6 Å². The van der Waals surface area contributed by atoms with Crippen molar-refractivity contribution in [2.75, 3.05) is 24.6 Å². The molecule has 4 aromatic rings. The lowest BCUT2D eigenvalue weighted by atomic mass is 10.0. The Hall–Kier alpha value is -3.29. The van der Waals surface area contributed by atoms with Crippen LogP contribution in [-0.4, -0.2) is 34.1 Å². The van der Waals surface area contributed by atoms with Gasteiger partial charge >= 0.3 is 0 Å². The molecule has 1 fully saturated rings. The van der Waals surface area contributed by atoms with E-state index in [-0.39, 0.29) is 11.7 Å². The van der Waals surface area contributed by atoms with Crippen molar-refractivity contribution < 1.29 is 9.13 Å². The lowest BCUT2D eigenvalue weighted by Gasteiger charge is -2.35. The van der Waals surface area contributed by atoms with E-state index in [0.29, 0.717) is 52.8 Å². The number of pyridine rings is 2. The van der Waals surface area contributed by atoms with Gasteiger partial charge in [-0.1, -0.05) is 11.6 Å². The second kappa shape index (κ2) is 8.81. The van der Waals surface area contributed by atoms with Crippen molar-refractivity contribution in [3.8, 4) is 11.1 Å². The van der Waals surface area contributed by atoms with Crippen molar-refractivity contribution in [3.63, 3.8) is 0 Å². The number of rotatable bonds is 3. The monoisotopic (exact) mass is 478 g/mol. The van der Waals surface area contributed by atoms with Gasteiger partial charge in [-0.05, 0) is 62.7 Å². The highest BCUT2D eigenvalue weighted by molar-refractivity contribution is 6.30. The van der Waals surface area contributed by atoms with Crippen molar-refractivity contribution in [1.82, 2.24) is 14.4 Å². The van der Waals surface area contributed by atoms with E-state index in [1.54, 1.807) is 38.4 Å². The van der Waals surface area contributed by atoms with Crippen molar-refractivity contribution in [2.45, 2.75) is 26.9 Å². The SMILES string of the molecule is Cc1cc([C@@H]2CN(c3cc(-c4ccc(Cl)cc4F)c4nc(C)c(C)c(=O)n4c3)CCO2)ccn1. The van der Waals surface area contributed by atoms with Crippen molar-refractivity contribution in [3.05, 3.63) is 92.5 Å². The van der Waals surface area contributed by atoms with Crippen LogP contribution >= 0.6 is 11.6 Å². The van der Waals surface area contributed by atoms with E-state index in [2.05, 4.69) is 14.9 Å². The van der Waals surface area contributed by atoms with Crippen LogP contribution in [-0.2, 0) is 4.74 Å². The normalized spacial score (nSPS) is 16.3. The summed E-state index contributed by atoms with van der Waals surface area (Å²) in [4.78, 5) is 24.3. The molecule has 3 aromatic heterocycles. The Morgan fingerprint density at radius 1 is 1.12 bits per heavy atom. The number of halogens is 2. The van der Waals surface area contributed by atoms with Crippen LogP contribution in [0.1, 0.15) is 28.6 Å². The first-order valence-electron chi connectivity index (χ1n) is 11.1. The summed E-state index contributed by atoms with van der Waals surface area (Å²) in [6.07, 6.45) is 3.42. The maximum absolute atomic E-state index is 15.0. The molecule has 1 saturated heterocycles. The Morgan fingerprint density at radius 2 is 1.94 bits per heavy atom. The molecule has 174 valence electrons. The van der Waals surface area contributed by atoms with Crippen molar-refractivity contribution in [1.29, 1.82) is 0 Å². The molecule has 5 rings (SSSR count). The molecule has 0 radical (unpaired) electrons. The van der Waals surface area contributed by atoms with Gasteiger partial charge in [-0.15, -0.1) is 0 Å². The Kier molecular flexibility index (Phi) is 5.83. The third-order valence-corrected chi connectivity index (χ3v) is 6.56. The molecule has 0 bridgehead atoms. The van der Waals surface area contributed by atoms with Crippen molar-refractivity contribution >= 4 is 22.9 Å². The van der Waals surface area contributed by atoms with Crippen LogP contribution in [0.3, 0.4) is 0 Å². The summed E-state index contributed by atoms with van der Waals surface area (Å²) in [5.41, 5.74) is 5.06. The summed E-state index contributed by atoms with van der Waals surface area (Å²) in [5, 5.41) is 0.308. The van der Waals surface area contributed by atoms with Gasteiger partial charge in [0.15, 0.2) is 0 Å². The van der Waals surface area contributed by atoms with E-state index in [4.69, 9.17) is 16.3 Å². The minimum absolute atomic E-state index is 0.142. The zero-order chi connectivity index (χ0) is 24.0. The molecule has 0 unspecified atom stereocenters. The summed E-state index contributed by atoms with van der Waals surface area (Å²) in [6, 6.07) is 10.4. The minimum Gasteiger partial charge on any atom is -0.370 e. The van der Waals surface area contributed by atoms with E-state index in [9.17, 15) is 4.79 Å². The number of fused-ring (bicyclic) bond motifs is 1. The summed E-state index contributed by atoms with van der Waals surface area (Å²) in [7, 11) is 0. The van der Waals surface area contributed by atoms with Gasteiger partial charge < -0.3 is 9.64 Å². The molecular weight excluding hydrogens is 455 g/mol. The predicted octanol–water partition coefficient (Wildman–Crippen LogP) is 5.05. The average molecular weight is 479 g/mol. The first-order chi connectivity index (χ1) is 16.3. The van der Waals surface area contributed by atoms with Gasteiger partial charge in [0.1, 0.15) is 17.6 Å². The van der Waals surface area contributed by atoms with Crippen molar-refractivity contribution in [2.24, 2.45) is 0 Å². The van der Waals surface area contributed by atoms with Gasteiger partial charge in [-0.2, -0.15) is 0 Å². The standard InChI is InChI=1S/C26H24ClFN4O2/c1-15-10-18(6-7-29-15)24-14-31(8-9-34-24)20-12-22(21-5-4-19(27)11-23(21)28)25-30-17(3)16(2)26(33)32(25)13-20/h4-7,10-13,24H,8-9,14H2,1-3H3/t24-/m0/s1.